The molecule has 1 amide bonds. The standard InChI is InChI=1S/C13H18N2O2/c1-17-11-5-3-10(4-6-11)12(16)15-13(9-14)7-2-8-13/h3-6H,2,7-9,14H2,1H3,(H,15,16). The summed E-state index contributed by atoms with van der Waals surface area (Å²) in [6.07, 6.45) is 3.09. The van der Waals surface area contributed by atoms with Crippen molar-refractivity contribution in [2.24, 2.45) is 5.73 Å². The van der Waals surface area contributed by atoms with Gasteiger partial charge in [-0.05, 0) is 43.5 Å². The van der Waals surface area contributed by atoms with Crippen LogP contribution in [0.1, 0.15) is 29.6 Å². The third-order valence-corrected chi connectivity index (χ3v) is 3.43. The van der Waals surface area contributed by atoms with Gasteiger partial charge in [0.2, 0.25) is 0 Å². The van der Waals surface area contributed by atoms with E-state index < -0.39 is 0 Å². The van der Waals surface area contributed by atoms with E-state index in [1.54, 1.807) is 31.4 Å². The Labute approximate surface area is 101 Å². The lowest BCUT2D eigenvalue weighted by atomic mass is 9.76. The monoisotopic (exact) mass is 234 g/mol. The van der Waals surface area contributed by atoms with Crippen LogP contribution in [0.3, 0.4) is 0 Å². The largest absolute Gasteiger partial charge is 0.497 e. The predicted molar refractivity (Wildman–Crippen MR) is 66.1 cm³/mol. The van der Waals surface area contributed by atoms with Crippen LogP contribution in [-0.2, 0) is 0 Å². The molecule has 92 valence electrons. The van der Waals surface area contributed by atoms with E-state index in [0.29, 0.717) is 12.1 Å². The van der Waals surface area contributed by atoms with Crippen LogP contribution < -0.4 is 15.8 Å². The number of benzene rings is 1. The minimum Gasteiger partial charge on any atom is -0.497 e. The van der Waals surface area contributed by atoms with E-state index in [0.717, 1.165) is 25.0 Å². The number of nitrogens with one attached hydrogen (secondary N) is 1. The second kappa shape index (κ2) is 4.75. The van der Waals surface area contributed by atoms with Gasteiger partial charge in [0, 0.05) is 12.1 Å². The van der Waals surface area contributed by atoms with Gasteiger partial charge in [0.1, 0.15) is 5.75 Å². The van der Waals surface area contributed by atoms with Crippen LogP contribution in [0, 0.1) is 0 Å². The summed E-state index contributed by atoms with van der Waals surface area (Å²) in [6.45, 7) is 0.509. The van der Waals surface area contributed by atoms with Crippen molar-refractivity contribution in [1.29, 1.82) is 0 Å². The van der Waals surface area contributed by atoms with Gasteiger partial charge in [-0.1, -0.05) is 0 Å². The van der Waals surface area contributed by atoms with Crippen molar-refractivity contribution < 1.29 is 9.53 Å². The van der Waals surface area contributed by atoms with E-state index in [1.165, 1.54) is 0 Å². The molecule has 0 bridgehead atoms. The van der Waals surface area contributed by atoms with Gasteiger partial charge < -0.3 is 15.8 Å². The summed E-state index contributed by atoms with van der Waals surface area (Å²) in [5.74, 6) is 0.691. The second-order valence-corrected chi connectivity index (χ2v) is 4.52. The van der Waals surface area contributed by atoms with Gasteiger partial charge in [-0.3, -0.25) is 4.79 Å². The molecular formula is C13H18N2O2. The highest BCUT2D eigenvalue weighted by atomic mass is 16.5. The average molecular weight is 234 g/mol. The molecule has 0 atom stereocenters. The molecule has 1 aliphatic carbocycles. The molecule has 0 spiro atoms. The van der Waals surface area contributed by atoms with E-state index in [2.05, 4.69) is 5.32 Å². The zero-order chi connectivity index (χ0) is 12.3. The third-order valence-electron chi connectivity index (χ3n) is 3.43. The molecule has 4 heteroatoms. The smallest absolute Gasteiger partial charge is 0.251 e. The molecule has 0 saturated heterocycles. The van der Waals surface area contributed by atoms with Gasteiger partial charge in [-0.25, -0.2) is 0 Å². The van der Waals surface area contributed by atoms with Crippen molar-refractivity contribution in [2.75, 3.05) is 13.7 Å². The fraction of sp³-hybridized carbons (Fsp3) is 0.462. The van der Waals surface area contributed by atoms with Gasteiger partial charge in [0.25, 0.3) is 5.91 Å². The summed E-state index contributed by atoms with van der Waals surface area (Å²) in [5.41, 5.74) is 6.18. The lowest BCUT2D eigenvalue weighted by Gasteiger charge is -2.41. The molecule has 1 saturated carbocycles. The Balaban J connectivity index is 2.03. The highest BCUT2D eigenvalue weighted by Gasteiger charge is 2.36. The highest BCUT2D eigenvalue weighted by Crippen LogP contribution is 2.30. The van der Waals surface area contributed by atoms with Crippen LogP contribution in [0.2, 0.25) is 0 Å². The molecular weight excluding hydrogens is 216 g/mol. The molecule has 1 fully saturated rings. The predicted octanol–water partition coefficient (Wildman–Crippen LogP) is 1.31. The van der Waals surface area contributed by atoms with Crippen molar-refractivity contribution in [3.05, 3.63) is 29.8 Å². The number of hydrogen-bond donors (Lipinski definition) is 2. The topological polar surface area (TPSA) is 64.3 Å². The Morgan fingerprint density at radius 1 is 1.41 bits per heavy atom. The zero-order valence-corrected chi connectivity index (χ0v) is 10.0. The Bertz CT molecular complexity index is 391. The Hall–Kier alpha value is -1.55. The van der Waals surface area contributed by atoms with Gasteiger partial charge in [-0.2, -0.15) is 0 Å². The molecule has 0 aliphatic heterocycles. The van der Waals surface area contributed by atoms with Crippen molar-refractivity contribution >= 4 is 5.91 Å². The average Bonchev–Trinajstić information content (AvgIpc) is 2.33. The molecule has 0 heterocycles. The summed E-state index contributed by atoms with van der Waals surface area (Å²) in [4.78, 5) is 12.0. The van der Waals surface area contributed by atoms with Crippen molar-refractivity contribution in [2.45, 2.75) is 24.8 Å². The normalized spacial score (nSPS) is 17.1. The lowest BCUT2D eigenvalue weighted by Crippen LogP contribution is -2.58. The van der Waals surface area contributed by atoms with Gasteiger partial charge >= 0.3 is 0 Å². The molecule has 4 nitrogen and oxygen atoms in total. The summed E-state index contributed by atoms with van der Waals surface area (Å²) < 4.78 is 5.05. The lowest BCUT2D eigenvalue weighted by molar-refractivity contribution is 0.0837. The number of rotatable bonds is 4. The minimum atomic E-state index is -0.170. The number of methoxy groups -OCH3 is 1. The van der Waals surface area contributed by atoms with E-state index in [4.69, 9.17) is 10.5 Å². The van der Waals surface area contributed by atoms with E-state index in [-0.39, 0.29) is 11.4 Å². The number of hydrogen-bond acceptors (Lipinski definition) is 3. The molecule has 17 heavy (non-hydrogen) atoms. The maximum atomic E-state index is 12.0. The van der Waals surface area contributed by atoms with Crippen molar-refractivity contribution in [3.63, 3.8) is 0 Å². The third kappa shape index (κ3) is 2.42. The number of nitrogens with two attached hydrogens (primary N) is 1. The minimum absolute atomic E-state index is 0.0576. The second-order valence-electron chi connectivity index (χ2n) is 4.52. The fourth-order valence-electron chi connectivity index (χ4n) is 2.04. The van der Waals surface area contributed by atoms with Crippen LogP contribution in [-0.4, -0.2) is 25.1 Å². The number of carbonyl (C=O) groups is 1. The van der Waals surface area contributed by atoms with Crippen LogP contribution in [0.25, 0.3) is 0 Å². The van der Waals surface area contributed by atoms with Gasteiger partial charge in [0.15, 0.2) is 0 Å². The molecule has 2 rings (SSSR count). The van der Waals surface area contributed by atoms with E-state index in [9.17, 15) is 4.79 Å². The maximum Gasteiger partial charge on any atom is 0.251 e. The molecule has 3 N–H and O–H groups in total. The summed E-state index contributed by atoms with van der Waals surface area (Å²) >= 11 is 0. The first-order valence-electron chi connectivity index (χ1n) is 5.86. The first-order chi connectivity index (χ1) is 8.19. The number of amides is 1. The Morgan fingerprint density at radius 3 is 2.47 bits per heavy atom. The van der Waals surface area contributed by atoms with E-state index in [1.807, 2.05) is 0 Å². The molecule has 1 aromatic carbocycles. The van der Waals surface area contributed by atoms with Crippen molar-refractivity contribution in [3.8, 4) is 5.75 Å². The number of ether oxygens (including phenoxy) is 1. The summed E-state index contributed by atoms with van der Waals surface area (Å²) in [7, 11) is 1.60. The van der Waals surface area contributed by atoms with Crippen LogP contribution in [0.15, 0.2) is 24.3 Å². The van der Waals surface area contributed by atoms with E-state index >= 15 is 0 Å². The maximum absolute atomic E-state index is 12.0. The van der Waals surface area contributed by atoms with Crippen molar-refractivity contribution in [1.82, 2.24) is 5.32 Å². The molecule has 0 radical (unpaired) electrons. The molecule has 0 aromatic heterocycles. The molecule has 0 unspecified atom stereocenters. The first-order valence-corrected chi connectivity index (χ1v) is 5.86. The quantitative estimate of drug-likeness (QED) is 0.825. The summed E-state index contributed by atoms with van der Waals surface area (Å²) in [6, 6.07) is 7.09. The van der Waals surface area contributed by atoms with Crippen LogP contribution in [0.4, 0.5) is 0 Å². The molecule has 1 aliphatic rings. The zero-order valence-electron chi connectivity index (χ0n) is 10.0. The Kier molecular flexibility index (Phi) is 3.33. The Morgan fingerprint density at radius 2 is 2.06 bits per heavy atom. The first kappa shape index (κ1) is 11.9. The fourth-order valence-corrected chi connectivity index (χ4v) is 2.04. The highest BCUT2D eigenvalue weighted by molar-refractivity contribution is 5.94. The molecule has 1 aromatic rings. The van der Waals surface area contributed by atoms with Gasteiger partial charge in [-0.15, -0.1) is 0 Å². The van der Waals surface area contributed by atoms with Crippen LogP contribution >= 0.6 is 0 Å². The summed E-state index contributed by atoms with van der Waals surface area (Å²) in [5, 5.41) is 3.03. The van der Waals surface area contributed by atoms with Gasteiger partial charge in [0.05, 0.1) is 12.6 Å². The SMILES string of the molecule is COc1ccc(C(=O)NC2(CN)CCC2)cc1. The van der Waals surface area contributed by atoms with Crippen LogP contribution in [0.5, 0.6) is 5.75 Å². The number of carbonyl (C=O) groups excluding carboxylic acids is 1.